The molecule has 0 bridgehead atoms. The van der Waals surface area contributed by atoms with Gasteiger partial charge in [0.1, 0.15) is 5.82 Å². The fourth-order valence-corrected chi connectivity index (χ4v) is 2.37. The zero-order chi connectivity index (χ0) is 12.3. The summed E-state index contributed by atoms with van der Waals surface area (Å²) in [6, 6.07) is 0.627. The number of hydrogen-bond donors (Lipinski definition) is 1. The van der Waals surface area contributed by atoms with Crippen LogP contribution in [0.15, 0.2) is 12.4 Å². The van der Waals surface area contributed by atoms with Gasteiger partial charge < -0.3 is 9.88 Å². The number of hydrogen-bond acceptors (Lipinski definition) is 3. The Morgan fingerprint density at radius 1 is 1.47 bits per heavy atom. The largest absolute Gasteiger partial charge is 0.337 e. The minimum atomic E-state index is 0.627. The van der Waals surface area contributed by atoms with Crippen LogP contribution in [0.25, 0.3) is 0 Å². The molecule has 2 unspecified atom stereocenters. The van der Waals surface area contributed by atoms with Crippen molar-refractivity contribution in [3.8, 4) is 0 Å². The first-order valence-electron chi connectivity index (χ1n) is 6.57. The van der Waals surface area contributed by atoms with E-state index in [1.165, 1.54) is 12.2 Å². The van der Waals surface area contributed by atoms with Gasteiger partial charge in [-0.1, -0.05) is 6.92 Å². The van der Waals surface area contributed by atoms with Gasteiger partial charge in [0, 0.05) is 38.6 Å². The third-order valence-corrected chi connectivity index (χ3v) is 3.55. The lowest BCUT2D eigenvalue weighted by Gasteiger charge is -2.30. The normalized spacial score (nSPS) is 27.7. The lowest BCUT2D eigenvalue weighted by atomic mass is 10.1. The summed E-state index contributed by atoms with van der Waals surface area (Å²) in [6.07, 6.45) is 5.12. The molecule has 1 fully saturated rings. The van der Waals surface area contributed by atoms with Crippen LogP contribution in [0, 0.1) is 5.92 Å². The molecule has 96 valence electrons. The predicted octanol–water partition coefficient (Wildman–Crippen LogP) is 1.24. The summed E-state index contributed by atoms with van der Waals surface area (Å²) in [5, 5.41) is 3.58. The monoisotopic (exact) mass is 236 g/mol. The first-order chi connectivity index (χ1) is 8.15. The van der Waals surface area contributed by atoms with E-state index in [4.69, 9.17) is 0 Å². The van der Waals surface area contributed by atoms with E-state index < -0.39 is 0 Å². The first kappa shape index (κ1) is 12.6. The second kappa shape index (κ2) is 5.65. The molecule has 0 radical (unpaired) electrons. The molecule has 2 rings (SSSR count). The molecule has 0 saturated carbocycles. The zero-order valence-corrected chi connectivity index (χ0v) is 11.2. The summed E-state index contributed by atoms with van der Waals surface area (Å²) in [5.41, 5.74) is 0. The van der Waals surface area contributed by atoms with Gasteiger partial charge in [0.25, 0.3) is 0 Å². The van der Waals surface area contributed by atoms with Crippen molar-refractivity contribution < 1.29 is 0 Å². The molecule has 17 heavy (non-hydrogen) atoms. The van der Waals surface area contributed by atoms with Crippen LogP contribution >= 0.6 is 0 Å². The van der Waals surface area contributed by atoms with E-state index >= 15 is 0 Å². The Morgan fingerprint density at radius 2 is 2.29 bits per heavy atom. The summed E-state index contributed by atoms with van der Waals surface area (Å²) < 4.78 is 2.12. The van der Waals surface area contributed by atoms with Gasteiger partial charge in [0.15, 0.2) is 0 Å². The number of imidazole rings is 1. The second-order valence-corrected chi connectivity index (χ2v) is 5.39. The van der Waals surface area contributed by atoms with Crippen LogP contribution in [0.5, 0.6) is 0 Å². The summed E-state index contributed by atoms with van der Waals surface area (Å²) in [4.78, 5) is 6.95. The Bertz CT molecular complexity index is 347. The average molecular weight is 236 g/mol. The van der Waals surface area contributed by atoms with Crippen molar-refractivity contribution in [2.75, 3.05) is 19.6 Å². The Hall–Kier alpha value is -0.870. The van der Waals surface area contributed by atoms with E-state index in [1.807, 2.05) is 12.4 Å². The van der Waals surface area contributed by atoms with Gasteiger partial charge in [-0.15, -0.1) is 0 Å². The van der Waals surface area contributed by atoms with Crippen LogP contribution < -0.4 is 5.32 Å². The van der Waals surface area contributed by atoms with Crippen molar-refractivity contribution in [2.45, 2.75) is 32.9 Å². The molecule has 1 aromatic rings. The molecule has 2 atom stereocenters. The van der Waals surface area contributed by atoms with Gasteiger partial charge in [0.2, 0.25) is 0 Å². The molecular formula is C13H24N4. The molecule has 1 aliphatic heterocycles. The maximum absolute atomic E-state index is 4.41. The zero-order valence-electron chi connectivity index (χ0n) is 11.2. The highest BCUT2D eigenvalue weighted by molar-refractivity contribution is 4.91. The smallest absolute Gasteiger partial charge is 0.122 e. The van der Waals surface area contributed by atoms with Crippen molar-refractivity contribution in [1.82, 2.24) is 19.8 Å². The third-order valence-electron chi connectivity index (χ3n) is 3.55. The SMILES string of the molecule is CC1CNC(C)CCN(Cc2nccn2C)C1. The minimum Gasteiger partial charge on any atom is -0.337 e. The molecule has 4 nitrogen and oxygen atoms in total. The Balaban J connectivity index is 1.96. The average Bonchev–Trinajstić information content (AvgIpc) is 2.67. The van der Waals surface area contributed by atoms with Crippen LogP contribution in [-0.4, -0.2) is 40.1 Å². The van der Waals surface area contributed by atoms with Crippen LogP contribution in [0.3, 0.4) is 0 Å². The van der Waals surface area contributed by atoms with Crippen LogP contribution in [0.1, 0.15) is 26.1 Å². The lowest BCUT2D eigenvalue weighted by Crippen LogP contribution is -2.42. The minimum absolute atomic E-state index is 0.627. The highest BCUT2D eigenvalue weighted by atomic mass is 15.2. The molecule has 0 amide bonds. The molecule has 0 spiro atoms. The van der Waals surface area contributed by atoms with E-state index in [9.17, 15) is 0 Å². The van der Waals surface area contributed by atoms with Crippen molar-refractivity contribution in [3.05, 3.63) is 18.2 Å². The highest BCUT2D eigenvalue weighted by Crippen LogP contribution is 2.10. The van der Waals surface area contributed by atoms with Crippen LogP contribution in [0.4, 0.5) is 0 Å². The quantitative estimate of drug-likeness (QED) is 0.838. The standard InChI is InChI=1S/C13H24N4/c1-11-8-15-12(2)4-6-17(9-11)10-13-14-5-7-16(13)3/h5,7,11-12,15H,4,6,8-10H2,1-3H3. The summed E-state index contributed by atoms with van der Waals surface area (Å²) in [7, 11) is 2.07. The van der Waals surface area contributed by atoms with Crippen molar-refractivity contribution in [2.24, 2.45) is 13.0 Å². The predicted molar refractivity (Wildman–Crippen MR) is 69.7 cm³/mol. The number of aryl methyl sites for hydroxylation is 1. The molecule has 0 aromatic carbocycles. The molecule has 4 heteroatoms. The lowest BCUT2D eigenvalue weighted by molar-refractivity contribution is 0.189. The van der Waals surface area contributed by atoms with Gasteiger partial charge in [-0.25, -0.2) is 4.98 Å². The van der Waals surface area contributed by atoms with E-state index in [2.05, 4.69) is 40.7 Å². The Labute approximate surface area is 104 Å². The molecule has 0 aliphatic carbocycles. The van der Waals surface area contributed by atoms with Crippen molar-refractivity contribution in [3.63, 3.8) is 0 Å². The summed E-state index contributed by atoms with van der Waals surface area (Å²) in [5.74, 6) is 1.87. The Morgan fingerprint density at radius 3 is 3.00 bits per heavy atom. The number of nitrogens with one attached hydrogen (secondary N) is 1. The van der Waals surface area contributed by atoms with Gasteiger partial charge in [-0.3, -0.25) is 4.90 Å². The van der Waals surface area contributed by atoms with Gasteiger partial charge in [0.05, 0.1) is 6.54 Å². The Kier molecular flexibility index (Phi) is 4.18. The van der Waals surface area contributed by atoms with E-state index in [0.29, 0.717) is 12.0 Å². The van der Waals surface area contributed by atoms with E-state index in [1.54, 1.807) is 0 Å². The molecule has 1 aromatic heterocycles. The number of rotatable bonds is 2. The third kappa shape index (κ3) is 3.54. The van der Waals surface area contributed by atoms with Gasteiger partial charge >= 0.3 is 0 Å². The highest BCUT2D eigenvalue weighted by Gasteiger charge is 2.17. The number of aromatic nitrogens is 2. The van der Waals surface area contributed by atoms with Crippen molar-refractivity contribution in [1.29, 1.82) is 0 Å². The van der Waals surface area contributed by atoms with Crippen LogP contribution in [-0.2, 0) is 13.6 Å². The summed E-state index contributed by atoms with van der Waals surface area (Å²) >= 11 is 0. The topological polar surface area (TPSA) is 33.1 Å². The second-order valence-electron chi connectivity index (χ2n) is 5.39. The summed E-state index contributed by atoms with van der Waals surface area (Å²) in [6.45, 7) is 9.00. The van der Waals surface area contributed by atoms with E-state index in [0.717, 1.165) is 26.2 Å². The number of nitrogens with zero attached hydrogens (tertiary/aromatic N) is 3. The first-order valence-corrected chi connectivity index (χ1v) is 6.57. The molecule has 1 N–H and O–H groups in total. The fourth-order valence-electron chi connectivity index (χ4n) is 2.37. The van der Waals surface area contributed by atoms with Gasteiger partial charge in [-0.2, -0.15) is 0 Å². The van der Waals surface area contributed by atoms with Gasteiger partial charge in [-0.05, 0) is 25.8 Å². The maximum atomic E-state index is 4.41. The fraction of sp³-hybridized carbons (Fsp3) is 0.769. The molecular weight excluding hydrogens is 212 g/mol. The maximum Gasteiger partial charge on any atom is 0.122 e. The van der Waals surface area contributed by atoms with Crippen LogP contribution in [0.2, 0.25) is 0 Å². The molecule has 2 heterocycles. The molecule has 1 saturated heterocycles. The van der Waals surface area contributed by atoms with Crippen molar-refractivity contribution >= 4 is 0 Å². The van der Waals surface area contributed by atoms with E-state index in [-0.39, 0.29) is 0 Å². The molecule has 1 aliphatic rings.